The molecule has 4 rings (SSSR count). The van der Waals surface area contributed by atoms with Crippen molar-refractivity contribution in [2.75, 3.05) is 7.11 Å². The number of nitrogens with one attached hydrogen (secondary N) is 1. The highest BCUT2D eigenvalue weighted by atomic mass is 35.5. The lowest BCUT2D eigenvalue weighted by Crippen LogP contribution is -2.38. The molecule has 1 aromatic carbocycles. The highest BCUT2D eigenvalue weighted by Crippen LogP contribution is 2.25. The second-order valence-corrected chi connectivity index (χ2v) is 7.42. The number of fused-ring (bicyclic) bond motifs is 1. The minimum absolute atomic E-state index is 0.167. The molecule has 154 valence electrons. The average Bonchev–Trinajstić information content (AvgIpc) is 2.75. The zero-order valence-corrected chi connectivity index (χ0v) is 17.1. The molecule has 0 aliphatic carbocycles. The van der Waals surface area contributed by atoms with Crippen molar-refractivity contribution in [1.82, 2.24) is 24.8 Å². The monoisotopic (exact) mass is 425 g/mol. The first-order valence-corrected chi connectivity index (χ1v) is 9.91. The van der Waals surface area contributed by atoms with Crippen LogP contribution in [0.4, 0.5) is 0 Å². The Morgan fingerprint density at radius 2 is 2.17 bits per heavy atom. The lowest BCUT2D eigenvalue weighted by Gasteiger charge is -2.27. The van der Waals surface area contributed by atoms with Gasteiger partial charge in [-0.25, -0.2) is 15.0 Å². The number of methoxy groups -OCH3 is 1. The van der Waals surface area contributed by atoms with Gasteiger partial charge >= 0.3 is 0 Å². The lowest BCUT2D eigenvalue weighted by atomic mass is 10.0. The van der Waals surface area contributed by atoms with E-state index in [1.54, 1.807) is 42.1 Å². The van der Waals surface area contributed by atoms with Gasteiger partial charge in [0, 0.05) is 36.5 Å². The van der Waals surface area contributed by atoms with Crippen molar-refractivity contribution < 1.29 is 9.53 Å². The van der Waals surface area contributed by atoms with Crippen LogP contribution in [0.25, 0.3) is 11.4 Å². The van der Waals surface area contributed by atoms with E-state index in [0.717, 1.165) is 6.42 Å². The Bertz CT molecular complexity index is 1130. The molecular formula is C21H20ClN5O3. The Hall–Kier alpha value is -3.10. The van der Waals surface area contributed by atoms with Crippen molar-refractivity contribution in [2.45, 2.75) is 32.0 Å². The number of carbonyl (C=O) groups is 1. The van der Waals surface area contributed by atoms with Gasteiger partial charge in [-0.1, -0.05) is 11.6 Å². The van der Waals surface area contributed by atoms with Gasteiger partial charge < -0.3 is 10.1 Å². The summed E-state index contributed by atoms with van der Waals surface area (Å²) in [4.78, 5) is 38.4. The van der Waals surface area contributed by atoms with Gasteiger partial charge in [0.2, 0.25) is 0 Å². The first-order valence-electron chi connectivity index (χ1n) is 9.53. The molecule has 8 nitrogen and oxygen atoms in total. The zero-order chi connectivity index (χ0) is 21.1. The van der Waals surface area contributed by atoms with Gasteiger partial charge in [0.15, 0.2) is 0 Å². The zero-order valence-electron chi connectivity index (χ0n) is 16.3. The lowest BCUT2D eigenvalue weighted by molar-refractivity contribution is 0.0922. The highest BCUT2D eigenvalue weighted by Gasteiger charge is 2.26. The molecule has 1 aliphatic heterocycles. The Balaban J connectivity index is 1.67. The normalized spacial score (nSPS) is 15.5. The molecule has 3 heterocycles. The summed E-state index contributed by atoms with van der Waals surface area (Å²) in [5.74, 6) is 0.261. The molecule has 1 unspecified atom stereocenters. The molecule has 0 saturated heterocycles. The maximum absolute atomic E-state index is 13.0. The molecule has 1 amide bonds. The summed E-state index contributed by atoms with van der Waals surface area (Å²) in [6.07, 6.45) is 4.44. The van der Waals surface area contributed by atoms with Crippen LogP contribution in [-0.4, -0.2) is 32.5 Å². The predicted octanol–water partition coefficient (Wildman–Crippen LogP) is 2.77. The smallest absolute Gasteiger partial charge is 0.254 e. The summed E-state index contributed by atoms with van der Waals surface area (Å²) in [6.45, 7) is 0.827. The van der Waals surface area contributed by atoms with Crippen LogP contribution in [0, 0.1) is 0 Å². The van der Waals surface area contributed by atoms with Crippen LogP contribution in [0.5, 0.6) is 0 Å². The molecular weight excluding hydrogens is 406 g/mol. The van der Waals surface area contributed by atoms with E-state index >= 15 is 0 Å². The second-order valence-electron chi connectivity index (χ2n) is 6.99. The molecule has 2 aromatic heterocycles. The summed E-state index contributed by atoms with van der Waals surface area (Å²) >= 11 is 6.06. The summed E-state index contributed by atoms with van der Waals surface area (Å²) in [7, 11) is 1.56. The predicted molar refractivity (Wildman–Crippen MR) is 111 cm³/mol. The largest absolute Gasteiger partial charge is 0.380 e. The number of hydrogen-bond acceptors (Lipinski definition) is 6. The van der Waals surface area contributed by atoms with Crippen LogP contribution in [0.3, 0.4) is 0 Å². The maximum Gasteiger partial charge on any atom is 0.254 e. The second kappa shape index (κ2) is 8.73. The number of carbonyl (C=O) groups excluding carboxylic acids is 1. The fourth-order valence-electron chi connectivity index (χ4n) is 3.60. The van der Waals surface area contributed by atoms with Crippen LogP contribution in [0.2, 0.25) is 5.02 Å². The minimum atomic E-state index is -0.396. The van der Waals surface area contributed by atoms with Crippen LogP contribution < -0.4 is 10.9 Å². The number of aromatic nitrogens is 4. The number of halogens is 1. The molecule has 0 radical (unpaired) electrons. The molecule has 1 atom stereocenters. The van der Waals surface area contributed by atoms with Crippen LogP contribution in [0.15, 0.2) is 47.7 Å². The fourth-order valence-corrected chi connectivity index (χ4v) is 3.80. The summed E-state index contributed by atoms with van der Waals surface area (Å²) in [5, 5.41) is 3.55. The van der Waals surface area contributed by atoms with E-state index in [2.05, 4.69) is 20.3 Å². The van der Waals surface area contributed by atoms with Gasteiger partial charge in [0.25, 0.3) is 11.5 Å². The Morgan fingerprint density at radius 1 is 1.30 bits per heavy atom. The Kier molecular flexibility index (Phi) is 5.87. The van der Waals surface area contributed by atoms with Crippen molar-refractivity contribution >= 4 is 17.5 Å². The van der Waals surface area contributed by atoms with E-state index in [4.69, 9.17) is 16.3 Å². The topological polar surface area (TPSA) is 99.0 Å². The van der Waals surface area contributed by atoms with Crippen LogP contribution in [-0.2, 0) is 17.9 Å². The summed E-state index contributed by atoms with van der Waals surface area (Å²) in [5.41, 5.74) is 2.02. The molecule has 0 spiro atoms. The van der Waals surface area contributed by atoms with E-state index in [9.17, 15) is 9.59 Å². The maximum atomic E-state index is 13.0. The van der Waals surface area contributed by atoms with Gasteiger partial charge in [-0.05, 0) is 42.7 Å². The van der Waals surface area contributed by atoms with Gasteiger partial charge in [-0.15, -0.1) is 0 Å². The third-order valence-electron chi connectivity index (χ3n) is 4.99. The molecule has 9 heteroatoms. The number of ether oxygens (including phenoxy) is 1. The number of nitrogens with zero attached hydrogens (tertiary/aromatic N) is 4. The average molecular weight is 426 g/mol. The van der Waals surface area contributed by atoms with Crippen molar-refractivity contribution in [1.29, 1.82) is 0 Å². The van der Waals surface area contributed by atoms with Crippen molar-refractivity contribution in [3.63, 3.8) is 0 Å². The van der Waals surface area contributed by atoms with E-state index in [1.165, 1.54) is 12.4 Å². The SMILES string of the molecule is COCc1cc(Cl)ccc1C(=O)NC1CCCn2c1nc(-c1ccncn1)cc2=O. The highest BCUT2D eigenvalue weighted by molar-refractivity contribution is 6.30. The van der Waals surface area contributed by atoms with E-state index in [1.807, 2.05) is 0 Å². The first-order chi connectivity index (χ1) is 14.6. The van der Waals surface area contributed by atoms with Gasteiger partial charge in [0.05, 0.1) is 24.0 Å². The molecule has 0 fully saturated rings. The van der Waals surface area contributed by atoms with Crippen molar-refractivity contribution in [2.24, 2.45) is 0 Å². The van der Waals surface area contributed by atoms with Crippen LogP contribution >= 0.6 is 11.6 Å². The number of hydrogen-bond donors (Lipinski definition) is 1. The van der Waals surface area contributed by atoms with E-state index in [-0.39, 0.29) is 18.1 Å². The third-order valence-corrected chi connectivity index (χ3v) is 5.22. The molecule has 0 saturated carbocycles. The number of rotatable bonds is 5. The summed E-state index contributed by atoms with van der Waals surface area (Å²) < 4.78 is 6.80. The summed E-state index contributed by atoms with van der Waals surface area (Å²) in [6, 6.07) is 7.82. The van der Waals surface area contributed by atoms with Gasteiger partial charge in [-0.2, -0.15) is 0 Å². The quantitative estimate of drug-likeness (QED) is 0.674. The van der Waals surface area contributed by atoms with Gasteiger partial charge in [-0.3, -0.25) is 14.2 Å². The third kappa shape index (κ3) is 4.10. The molecule has 3 aromatic rings. The Labute approximate surface area is 177 Å². The fraction of sp³-hybridized carbons (Fsp3) is 0.286. The molecule has 30 heavy (non-hydrogen) atoms. The van der Waals surface area contributed by atoms with E-state index in [0.29, 0.717) is 46.3 Å². The number of benzene rings is 1. The van der Waals surface area contributed by atoms with E-state index < -0.39 is 6.04 Å². The minimum Gasteiger partial charge on any atom is -0.380 e. The number of amides is 1. The van der Waals surface area contributed by atoms with Crippen LogP contribution in [0.1, 0.15) is 40.6 Å². The molecule has 1 N–H and O–H groups in total. The van der Waals surface area contributed by atoms with Crippen molar-refractivity contribution in [3.05, 3.63) is 75.2 Å². The van der Waals surface area contributed by atoms with Gasteiger partial charge in [0.1, 0.15) is 12.2 Å². The molecule has 1 aliphatic rings. The Morgan fingerprint density at radius 3 is 2.93 bits per heavy atom. The standard InChI is InChI=1S/C21H20ClN5O3/c1-30-11-13-9-14(22)4-5-15(13)21(29)26-17-3-2-8-27-19(28)10-18(25-20(17)27)16-6-7-23-12-24-16/h4-7,9-10,12,17H,2-3,8,11H2,1H3,(H,26,29). The first kappa shape index (κ1) is 20.2. The van der Waals surface area contributed by atoms with Crippen molar-refractivity contribution in [3.8, 4) is 11.4 Å². The molecule has 0 bridgehead atoms.